The van der Waals surface area contributed by atoms with Crippen molar-refractivity contribution in [2.75, 3.05) is 10.8 Å². The largest absolute Gasteiger partial charge is 0.457 e. The number of carbonyl (C=O) groups is 2. The zero-order valence-corrected chi connectivity index (χ0v) is 18.4. The van der Waals surface area contributed by atoms with Crippen molar-refractivity contribution < 1.29 is 22.7 Å². The van der Waals surface area contributed by atoms with E-state index in [-0.39, 0.29) is 22.1 Å². The van der Waals surface area contributed by atoms with Crippen LogP contribution >= 0.6 is 11.6 Å². The number of nitrogens with zero attached hydrogens (tertiary/aromatic N) is 1. The Balaban J connectivity index is 1.57. The van der Waals surface area contributed by atoms with Crippen LogP contribution in [0.15, 0.2) is 71.6 Å². The van der Waals surface area contributed by atoms with E-state index >= 15 is 0 Å². The lowest BCUT2D eigenvalue weighted by molar-refractivity contribution is 0.0472. The summed E-state index contributed by atoms with van der Waals surface area (Å²) in [5.74, 6) is -1.31. The molecular formula is C23H19ClN2O5S. The van der Waals surface area contributed by atoms with Gasteiger partial charge in [-0.3, -0.25) is 9.10 Å². The molecule has 0 saturated carbocycles. The average Bonchev–Trinajstić information content (AvgIpc) is 3.23. The molecule has 0 spiro atoms. The Morgan fingerprint density at radius 3 is 2.56 bits per heavy atom. The summed E-state index contributed by atoms with van der Waals surface area (Å²) in [5.41, 5.74) is 7.71. The zero-order chi connectivity index (χ0) is 22.9. The molecule has 3 aromatic carbocycles. The number of sulfonamides is 1. The van der Waals surface area contributed by atoms with E-state index in [9.17, 15) is 18.0 Å². The van der Waals surface area contributed by atoms with Crippen LogP contribution in [0.1, 0.15) is 31.8 Å². The smallest absolute Gasteiger partial charge is 0.338 e. The maximum Gasteiger partial charge on any atom is 0.338 e. The Bertz CT molecular complexity index is 1320. The topological polar surface area (TPSA) is 107 Å². The van der Waals surface area contributed by atoms with Gasteiger partial charge in [0.05, 0.1) is 16.3 Å². The number of benzene rings is 3. The van der Waals surface area contributed by atoms with E-state index in [4.69, 9.17) is 22.1 Å². The van der Waals surface area contributed by atoms with E-state index in [0.717, 1.165) is 5.56 Å². The summed E-state index contributed by atoms with van der Waals surface area (Å²) in [6.45, 7) is 0.188. The van der Waals surface area contributed by atoms with Crippen molar-refractivity contribution in [3.05, 3.63) is 94.0 Å². The predicted octanol–water partition coefficient (Wildman–Crippen LogP) is 3.55. The molecule has 7 nitrogen and oxygen atoms in total. The van der Waals surface area contributed by atoms with Crippen LogP contribution in [0.3, 0.4) is 0 Å². The number of amides is 1. The molecule has 0 radical (unpaired) electrons. The predicted molar refractivity (Wildman–Crippen MR) is 120 cm³/mol. The number of hydrogen-bond acceptors (Lipinski definition) is 5. The fraction of sp³-hybridized carbons (Fsp3) is 0.130. The van der Waals surface area contributed by atoms with E-state index in [2.05, 4.69) is 0 Å². The first-order valence-corrected chi connectivity index (χ1v) is 11.6. The van der Waals surface area contributed by atoms with Gasteiger partial charge in [0.25, 0.3) is 10.0 Å². The summed E-state index contributed by atoms with van der Waals surface area (Å²) >= 11 is 6.21. The van der Waals surface area contributed by atoms with Crippen LogP contribution < -0.4 is 10.0 Å². The molecular weight excluding hydrogens is 452 g/mol. The highest BCUT2D eigenvalue weighted by atomic mass is 35.5. The van der Waals surface area contributed by atoms with Gasteiger partial charge in [-0.05, 0) is 53.9 Å². The minimum absolute atomic E-state index is 0.0140. The highest BCUT2D eigenvalue weighted by molar-refractivity contribution is 7.93. The van der Waals surface area contributed by atoms with Crippen LogP contribution in [0.4, 0.5) is 5.69 Å². The van der Waals surface area contributed by atoms with Crippen molar-refractivity contribution >= 4 is 39.2 Å². The molecule has 1 aliphatic rings. The molecule has 1 heterocycles. The number of carbonyl (C=O) groups excluding carboxylic acids is 2. The molecule has 9 heteroatoms. The molecule has 0 bridgehead atoms. The van der Waals surface area contributed by atoms with Crippen molar-refractivity contribution in [1.82, 2.24) is 0 Å². The van der Waals surface area contributed by atoms with E-state index in [1.807, 2.05) is 12.1 Å². The minimum Gasteiger partial charge on any atom is -0.457 e. The van der Waals surface area contributed by atoms with Crippen LogP contribution in [0, 0.1) is 0 Å². The average molecular weight is 471 g/mol. The van der Waals surface area contributed by atoms with Crippen LogP contribution in [0.2, 0.25) is 5.02 Å². The minimum atomic E-state index is -3.98. The monoisotopic (exact) mass is 470 g/mol. The number of primary amides is 1. The first-order chi connectivity index (χ1) is 15.3. The molecule has 2 N–H and O–H groups in total. The van der Waals surface area contributed by atoms with Gasteiger partial charge in [-0.2, -0.15) is 0 Å². The van der Waals surface area contributed by atoms with E-state index < -0.39 is 21.9 Å². The first kappa shape index (κ1) is 21.9. The molecule has 0 aromatic heterocycles. The molecule has 0 aliphatic carbocycles. The van der Waals surface area contributed by atoms with E-state index in [0.29, 0.717) is 29.8 Å². The lowest BCUT2D eigenvalue weighted by Gasteiger charge is -2.20. The van der Waals surface area contributed by atoms with Crippen molar-refractivity contribution in [2.45, 2.75) is 17.9 Å². The second-order valence-electron chi connectivity index (χ2n) is 7.24. The Labute approximate surface area is 190 Å². The Morgan fingerprint density at radius 2 is 1.78 bits per heavy atom. The van der Waals surface area contributed by atoms with E-state index in [1.54, 1.807) is 30.3 Å². The summed E-state index contributed by atoms with van der Waals surface area (Å²) < 4.78 is 33.2. The van der Waals surface area contributed by atoms with Gasteiger partial charge in [-0.1, -0.05) is 41.9 Å². The third kappa shape index (κ3) is 4.19. The van der Waals surface area contributed by atoms with Gasteiger partial charge in [-0.15, -0.1) is 0 Å². The van der Waals surface area contributed by atoms with E-state index in [1.165, 1.54) is 28.6 Å². The number of para-hydroxylation sites is 1. The number of esters is 1. The molecule has 0 atom stereocenters. The lowest BCUT2D eigenvalue weighted by atomic mass is 10.1. The number of fused-ring (bicyclic) bond motifs is 1. The SMILES string of the molecule is NC(=O)c1cccc(COC(=O)c2ccc(Cl)c(S(=O)(=O)N3CCc4ccccc43)c2)c1. The highest BCUT2D eigenvalue weighted by Gasteiger charge is 2.32. The molecule has 4 rings (SSSR count). The van der Waals surface area contributed by atoms with Crippen molar-refractivity contribution in [3.63, 3.8) is 0 Å². The van der Waals surface area contributed by atoms with Gasteiger partial charge in [0.2, 0.25) is 5.91 Å². The van der Waals surface area contributed by atoms with Gasteiger partial charge in [0, 0.05) is 12.1 Å². The zero-order valence-electron chi connectivity index (χ0n) is 16.8. The van der Waals surface area contributed by atoms with Gasteiger partial charge >= 0.3 is 5.97 Å². The van der Waals surface area contributed by atoms with Crippen molar-refractivity contribution in [1.29, 1.82) is 0 Å². The second-order valence-corrected chi connectivity index (χ2v) is 9.48. The summed E-state index contributed by atoms with van der Waals surface area (Å²) in [4.78, 5) is 23.7. The van der Waals surface area contributed by atoms with Crippen LogP contribution in [-0.2, 0) is 27.8 Å². The molecule has 1 aliphatic heterocycles. The first-order valence-electron chi connectivity index (χ1n) is 9.73. The second kappa shape index (κ2) is 8.64. The fourth-order valence-electron chi connectivity index (χ4n) is 3.55. The molecule has 0 fully saturated rings. The number of hydrogen-bond donors (Lipinski definition) is 1. The maximum atomic E-state index is 13.3. The molecule has 0 unspecified atom stereocenters. The fourth-order valence-corrected chi connectivity index (χ4v) is 5.56. The van der Waals surface area contributed by atoms with Gasteiger partial charge in [0.15, 0.2) is 0 Å². The maximum absolute atomic E-state index is 13.3. The Morgan fingerprint density at radius 1 is 1.00 bits per heavy atom. The Hall–Kier alpha value is -3.36. The Kier molecular flexibility index (Phi) is 5.90. The molecule has 3 aromatic rings. The van der Waals surface area contributed by atoms with Gasteiger partial charge in [-0.25, -0.2) is 13.2 Å². The standard InChI is InChI=1S/C23H19ClN2O5S/c24-19-9-8-18(23(28)31-14-15-4-3-6-17(12-15)22(25)27)13-21(19)32(29,30)26-11-10-16-5-1-2-7-20(16)26/h1-9,12-13H,10-11,14H2,(H2,25,27). The quantitative estimate of drug-likeness (QED) is 0.554. The summed E-state index contributed by atoms with van der Waals surface area (Å²) in [5, 5.41) is 0.0140. The highest BCUT2D eigenvalue weighted by Crippen LogP contribution is 2.35. The van der Waals surface area contributed by atoms with Gasteiger partial charge < -0.3 is 10.5 Å². The lowest BCUT2D eigenvalue weighted by Crippen LogP contribution is -2.29. The molecule has 164 valence electrons. The number of ether oxygens (including phenoxy) is 1. The third-order valence-corrected chi connectivity index (χ3v) is 7.46. The van der Waals surface area contributed by atoms with Crippen LogP contribution in [0.25, 0.3) is 0 Å². The molecule has 32 heavy (non-hydrogen) atoms. The van der Waals surface area contributed by atoms with Crippen LogP contribution in [0.5, 0.6) is 0 Å². The van der Waals surface area contributed by atoms with Crippen molar-refractivity contribution in [3.8, 4) is 0 Å². The number of halogens is 1. The molecule has 1 amide bonds. The number of rotatable bonds is 6. The molecule has 0 saturated heterocycles. The normalized spacial score (nSPS) is 13.0. The third-order valence-electron chi connectivity index (χ3n) is 5.16. The number of anilines is 1. The van der Waals surface area contributed by atoms with Crippen molar-refractivity contribution in [2.24, 2.45) is 5.73 Å². The van der Waals surface area contributed by atoms with Gasteiger partial charge in [0.1, 0.15) is 11.5 Å². The summed E-state index contributed by atoms with van der Waals surface area (Å²) in [6, 6.07) is 17.6. The van der Waals surface area contributed by atoms with Crippen LogP contribution in [-0.4, -0.2) is 26.8 Å². The number of nitrogens with two attached hydrogens (primary N) is 1. The summed E-state index contributed by atoms with van der Waals surface area (Å²) in [7, 11) is -3.98. The summed E-state index contributed by atoms with van der Waals surface area (Å²) in [6.07, 6.45) is 0.596.